The summed E-state index contributed by atoms with van der Waals surface area (Å²) in [5, 5.41) is 14.9. The molecule has 1 atom stereocenters. The van der Waals surface area contributed by atoms with Crippen LogP contribution >= 0.6 is 11.3 Å². The van der Waals surface area contributed by atoms with Crippen molar-refractivity contribution >= 4 is 27.4 Å². The lowest BCUT2D eigenvalue weighted by atomic mass is 10.2. The van der Waals surface area contributed by atoms with E-state index in [2.05, 4.69) is 25.6 Å². The molecule has 0 spiro atoms. The van der Waals surface area contributed by atoms with Crippen molar-refractivity contribution in [3.8, 4) is 5.69 Å². The number of benzene rings is 1. The van der Waals surface area contributed by atoms with Crippen molar-refractivity contribution in [2.45, 2.75) is 13.0 Å². The van der Waals surface area contributed by atoms with Crippen LogP contribution in [-0.4, -0.2) is 25.0 Å². The van der Waals surface area contributed by atoms with Crippen LogP contribution in [-0.2, 0) is 0 Å². The monoisotopic (exact) mass is 322 g/mol. The van der Waals surface area contributed by atoms with Crippen LogP contribution in [0.1, 0.15) is 18.7 Å². The summed E-state index contributed by atoms with van der Waals surface area (Å²) in [6.07, 6.45) is 3.51. The van der Waals surface area contributed by atoms with Crippen LogP contribution < -0.4 is 5.32 Å². The van der Waals surface area contributed by atoms with Gasteiger partial charge in [0.1, 0.15) is 22.7 Å². The Morgan fingerprint density at radius 3 is 2.87 bits per heavy atom. The second-order valence-corrected chi connectivity index (χ2v) is 6.05. The Bertz CT molecular complexity index is 930. The van der Waals surface area contributed by atoms with Gasteiger partial charge in [-0.05, 0) is 30.5 Å². The molecule has 0 aliphatic carbocycles. The van der Waals surface area contributed by atoms with Gasteiger partial charge in [-0.25, -0.2) is 14.6 Å². The van der Waals surface area contributed by atoms with Crippen molar-refractivity contribution in [3.05, 3.63) is 60.0 Å². The highest BCUT2D eigenvalue weighted by atomic mass is 32.1. The summed E-state index contributed by atoms with van der Waals surface area (Å²) in [5.74, 6) is 0.818. The van der Waals surface area contributed by atoms with Crippen LogP contribution in [0, 0.1) is 0 Å². The van der Waals surface area contributed by atoms with Crippen LogP contribution in [0.2, 0.25) is 0 Å². The minimum atomic E-state index is -0.00883. The first-order valence-electron chi connectivity index (χ1n) is 7.23. The fourth-order valence-electron chi connectivity index (χ4n) is 2.37. The van der Waals surface area contributed by atoms with E-state index in [0.29, 0.717) is 0 Å². The fourth-order valence-corrected chi connectivity index (χ4v) is 3.10. The lowest BCUT2D eigenvalue weighted by Gasteiger charge is -2.12. The van der Waals surface area contributed by atoms with Gasteiger partial charge in [0.25, 0.3) is 0 Å². The van der Waals surface area contributed by atoms with Crippen LogP contribution in [0.5, 0.6) is 0 Å². The number of hydrogen-bond acceptors (Lipinski definition) is 6. The van der Waals surface area contributed by atoms with Gasteiger partial charge in [-0.3, -0.25) is 0 Å². The molecular weight excluding hydrogens is 308 g/mol. The van der Waals surface area contributed by atoms with Gasteiger partial charge < -0.3 is 5.32 Å². The highest BCUT2D eigenvalue weighted by Gasteiger charge is 2.13. The molecule has 0 saturated heterocycles. The van der Waals surface area contributed by atoms with Gasteiger partial charge in [-0.2, -0.15) is 0 Å². The first-order chi connectivity index (χ1) is 11.3. The van der Waals surface area contributed by atoms with Crippen molar-refractivity contribution in [3.63, 3.8) is 0 Å². The third-order valence-electron chi connectivity index (χ3n) is 3.59. The van der Waals surface area contributed by atoms with Crippen LogP contribution in [0.4, 0.5) is 5.82 Å². The van der Waals surface area contributed by atoms with Crippen LogP contribution in [0.15, 0.2) is 54.3 Å². The summed E-state index contributed by atoms with van der Waals surface area (Å²) in [6.45, 7) is 2.04. The molecule has 114 valence electrons. The molecule has 1 unspecified atom stereocenters. The van der Waals surface area contributed by atoms with Crippen molar-refractivity contribution in [2.75, 3.05) is 5.32 Å². The predicted molar refractivity (Wildman–Crippen MR) is 90.8 cm³/mol. The topological polar surface area (TPSA) is 68.5 Å². The molecule has 0 aliphatic heterocycles. The Morgan fingerprint density at radius 1 is 1.13 bits per heavy atom. The Kier molecular flexibility index (Phi) is 3.47. The summed E-state index contributed by atoms with van der Waals surface area (Å²) in [6, 6.07) is 11.9. The standard InChI is InChI=1S/C16H14N6S/c1-11(19-15-13-7-8-23-16(13)18-10-17-15)14-9-22(21-20-14)12-5-3-2-4-6-12/h2-11H,1H3,(H,17,18,19). The summed E-state index contributed by atoms with van der Waals surface area (Å²) in [7, 11) is 0. The van der Waals surface area contributed by atoms with E-state index in [1.54, 1.807) is 22.3 Å². The van der Waals surface area contributed by atoms with Crippen molar-refractivity contribution in [1.29, 1.82) is 0 Å². The van der Waals surface area contributed by atoms with Crippen molar-refractivity contribution in [2.24, 2.45) is 0 Å². The average Bonchev–Trinajstić information content (AvgIpc) is 3.25. The lowest BCUT2D eigenvalue weighted by Crippen LogP contribution is -2.08. The zero-order valence-corrected chi connectivity index (χ0v) is 13.2. The van der Waals surface area contributed by atoms with Gasteiger partial charge >= 0.3 is 0 Å². The second kappa shape index (κ2) is 5.77. The minimum Gasteiger partial charge on any atom is -0.361 e. The molecule has 0 fully saturated rings. The first kappa shape index (κ1) is 13.8. The number of para-hydroxylation sites is 1. The molecule has 3 aromatic heterocycles. The first-order valence-corrected chi connectivity index (χ1v) is 8.11. The normalized spacial score (nSPS) is 12.4. The number of anilines is 1. The fraction of sp³-hybridized carbons (Fsp3) is 0.125. The van der Waals surface area contributed by atoms with E-state index in [-0.39, 0.29) is 6.04 Å². The van der Waals surface area contributed by atoms with Crippen molar-refractivity contribution < 1.29 is 0 Å². The maximum atomic E-state index is 4.34. The molecule has 4 rings (SSSR count). The maximum Gasteiger partial charge on any atom is 0.138 e. The number of rotatable bonds is 4. The molecule has 0 radical (unpaired) electrons. The number of thiophene rings is 1. The predicted octanol–water partition coefficient (Wildman–Crippen LogP) is 3.45. The van der Waals surface area contributed by atoms with Gasteiger partial charge in [-0.15, -0.1) is 16.4 Å². The van der Waals surface area contributed by atoms with E-state index >= 15 is 0 Å². The SMILES string of the molecule is CC(Nc1ncnc2sccc12)c1cn(-c2ccccc2)nn1. The Labute approximate surface area is 136 Å². The molecule has 7 heteroatoms. The zero-order valence-electron chi connectivity index (χ0n) is 12.4. The summed E-state index contributed by atoms with van der Waals surface area (Å²) >= 11 is 1.60. The van der Waals surface area contributed by atoms with E-state index in [4.69, 9.17) is 0 Å². The highest BCUT2D eigenvalue weighted by Crippen LogP contribution is 2.26. The summed E-state index contributed by atoms with van der Waals surface area (Å²) < 4.78 is 1.77. The third kappa shape index (κ3) is 2.66. The van der Waals surface area contributed by atoms with E-state index in [1.807, 2.05) is 54.9 Å². The Morgan fingerprint density at radius 2 is 2.00 bits per heavy atom. The van der Waals surface area contributed by atoms with Gasteiger partial charge in [0.2, 0.25) is 0 Å². The second-order valence-electron chi connectivity index (χ2n) is 5.15. The molecule has 6 nitrogen and oxygen atoms in total. The lowest BCUT2D eigenvalue weighted by molar-refractivity contribution is 0.780. The molecule has 4 aromatic rings. The number of nitrogens with zero attached hydrogens (tertiary/aromatic N) is 5. The summed E-state index contributed by atoms with van der Waals surface area (Å²) in [4.78, 5) is 9.57. The van der Waals surface area contributed by atoms with Gasteiger partial charge in [0.15, 0.2) is 0 Å². The molecule has 0 saturated carbocycles. The molecule has 23 heavy (non-hydrogen) atoms. The van der Waals surface area contributed by atoms with Gasteiger partial charge in [0.05, 0.1) is 23.3 Å². The maximum absolute atomic E-state index is 4.34. The number of aromatic nitrogens is 5. The molecule has 0 amide bonds. The van der Waals surface area contributed by atoms with E-state index < -0.39 is 0 Å². The van der Waals surface area contributed by atoms with Crippen molar-refractivity contribution in [1.82, 2.24) is 25.0 Å². The van der Waals surface area contributed by atoms with Gasteiger partial charge in [0, 0.05) is 0 Å². The minimum absolute atomic E-state index is 0.00883. The van der Waals surface area contributed by atoms with Crippen LogP contribution in [0.25, 0.3) is 15.9 Å². The third-order valence-corrected chi connectivity index (χ3v) is 4.41. The van der Waals surface area contributed by atoms with E-state index in [9.17, 15) is 0 Å². The molecule has 1 N–H and O–H groups in total. The smallest absolute Gasteiger partial charge is 0.138 e. The molecule has 1 aromatic carbocycles. The molecule has 0 bridgehead atoms. The molecule has 3 heterocycles. The summed E-state index contributed by atoms with van der Waals surface area (Å²) in [5.41, 5.74) is 1.84. The zero-order chi connectivity index (χ0) is 15.6. The number of fused-ring (bicyclic) bond motifs is 1. The highest BCUT2D eigenvalue weighted by molar-refractivity contribution is 7.16. The largest absolute Gasteiger partial charge is 0.361 e. The van der Waals surface area contributed by atoms with Gasteiger partial charge in [-0.1, -0.05) is 23.4 Å². The Balaban J connectivity index is 1.59. The quantitative estimate of drug-likeness (QED) is 0.623. The number of hydrogen-bond donors (Lipinski definition) is 1. The molecular formula is C16H14N6S. The molecule has 0 aliphatic rings. The average molecular weight is 322 g/mol. The van der Waals surface area contributed by atoms with Crippen LogP contribution in [0.3, 0.4) is 0 Å². The van der Waals surface area contributed by atoms with E-state index in [0.717, 1.165) is 27.4 Å². The Hall–Kier alpha value is -2.80. The number of nitrogens with one attached hydrogen (secondary N) is 1. The van der Waals surface area contributed by atoms with E-state index in [1.165, 1.54) is 0 Å².